The number of benzene rings is 1. The third-order valence-electron chi connectivity index (χ3n) is 3.23. The molecule has 1 amide bonds. The number of hydrogen-bond donors (Lipinski definition) is 1. The Kier molecular flexibility index (Phi) is 5.44. The molecule has 114 valence electrons. The molecule has 6 heteroatoms. The molecule has 0 spiro atoms. The second-order valence-electron chi connectivity index (χ2n) is 5.10. The number of hydrogen-bond acceptors (Lipinski definition) is 4. The Hall–Kier alpha value is -1.75. The molecule has 0 radical (unpaired) electrons. The summed E-state index contributed by atoms with van der Waals surface area (Å²) in [6.07, 6.45) is 2.30. The Labute approximate surface area is 128 Å². The van der Waals surface area contributed by atoms with Gasteiger partial charge in [-0.2, -0.15) is 0 Å². The molecule has 1 aromatic carbocycles. The van der Waals surface area contributed by atoms with E-state index in [1.54, 1.807) is 24.3 Å². The zero-order valence-corrected chi connectivity index (χ0v) is 12.6. The lowest BCUT2D eigenvalue weighted by Gasteiger charge is -2.12. The maximum atomic E-state index is 11.6. The highest BCUT2D eigenvalue weighted by Gasteiger charge is 2.28. The van der Waals surface area contributed by atoms with E-state index in [-0.39, 0.29) is 25.2 Å². The van der Waals surface area contributed by atoms with Crippen molar-refractivity contribution in [1.82, 2.24) is 5.32 Å². The monoisotopic (exact) mass is 311 g/mol. The number of nitrogens with one attached hydrogen (secondary N) is 1. The highest BCUT2D eigenvalue weighted by molar-refractivity contribution is 6.30. The van der Waals surface area contributed by atoms with Crippen LogP contribution < -0.4 is 10.1 Å². The van der Waals surface area contributed by atoms with Crippen molar-refractivity contribution in [2.24, 2.45) is 5.92 Å². The van der Waals surface area contributed by atoms with Crippen LogP contribution >= 0.6 is 11.6 Å². The van der Waals surface area contributed by atoms with Gasteiger partial charge in [0.2, 0.25) is 0 Å². The maximum Gasteiger partial charge on any atom is 0.344 e. The molecule has 5 nitrogen and oxygen atoms in total. The summed E-state index contributed by atoms with van der Waals surface area (Å²) >= 11 is 5.79. The van der Waals surface area contributed by atoms with E-state index in [1.165, 1.54) is 0 Å². The standard InChI is InChI=1S/C15H18ClNO4/c1-10(11-5-6-11)17-14(18)8-21-15(19)9-20-13-4-2-3-12(16)7-13/h2-4,7,10-11H,5-6,8-9H2,1H3,(H,17,18)/t10-/m1/s1. The van der Waals surface area contributed by atoms with Crippen LogP contribution in [0.1, 0.15) is 19.8 Å². The maximum absolute atomic E-state index is 11.6. The van der Waals surface area contributed by atoms with E-state index >= 15 is 0 Å². The number of ether oxygens (including phenoxy) is 2. The van der Waals surface area contributed by atoms with Crippen molar-refractivity contribution >= 4 is 23.5 Å². The van der Waals surface area contributed by atoms with Crippen molar-refractivity contribution in [2.75, 3.05) is 13.2 Å². The van der Waals surface area contributed by atoms with Crippen LogP contribution in [-0.2, 0) is 14.3 Å². The average molecular weight is 312 g/mol. The van der Waals surface area contributed by atoms with Gasteiger partial charge in [-0.25, -0.2) is 4.79 Å². The summed E-state index contributed by atoms with van der Waals surface area (Å²) in [7, 11) is 0. The molecule has 2 rings (SSSR count). The minimum Gasteiger partial charge on any atom is -0.482 e. The molecule has 1 aliphatic rings. The molecule has 0 aromatic heterocycles. The summed E-state index contributed by atoms with van der Waals surface area (Å²) in [5, 5.41) is 3.33. The molecule has 1 atom stereocenters. The molecule has 0 aliphatic heterocycles. The largest absolute Gasteiger partial charge is 0.482 e. The van der Waals surface area contributed by atoms with Crippen LogP contribution in [0.5, 0.6) is 5.75 Å². The number of esters is 1. The Morgan fingerprint density at radius 2 is 2.14 bits per heavy atom. The van der Waals surface area contributed by atoms with Gasteiger partial charge in [0.05, 0.1) is 0 Å². The fraction of sp³-hybridized carbons (Fsp3) is 0.467. The fourth-order valence-electron chi connectivity index (χ4n) is 1.90. The Balaban J connectivity index is 1.63. The first kappa shape index (κ1) is 15.6. The van der Waals surface area contributed by atoms with Gasteiger partial charge in [-0.1, -0.05) is 17.7 Å². The molecule has 0 heterocycles. The lowest BCUT2D eigenvalue weighted by Crippen LogP contribution is -2.37. The molecule has 0 bridgehead atoms. The summed E-state index contributed by atoms with van der Waals surface area (Å²) in [6, 6.07) is 6.84. The second-order valence-corrected chi connectivity index (χ2v) is 5.54. The van der Waals surface area contributed by atoms with Crippen LogP contribution in [0.25, 0.3) is 0 Å². The zero-order valence-electron chi connectivity index (χ0n) is 11.8. The predicted molar refractivity (Wildman–Crippen MR) is 78.2 cm³/mol. The molecule has 1 fully saturated rings. The SMILES string of the molecule is C[C@@H](NC(=O)COC(=O)COc1cccc(Cl)c1)C1CC1. The van der Waals surface area contributed by atoms with E-state index in [0.29, 0.717) is 16.7 Å². The van der Waals surface area contributed by atoms with Crippen LogP contribution in [0, 0.1) is 5.92 Å². The summed E-state index contributed by atoms with van der Waals surface area (Å²) in [4.78, 5) is 23.0. The van der Waals surface area contributed by atoms with Crippen LogP contribution in [0.4, 0.5) is 0 Å². The predicted octanol–water partition coefficient (Wildman–Crippen LogP) is 2.18. The van der Waals surface area contributed by atoms with Crippen molar-refractivity contribution in [3.05, 3.63) is 29.3 Å². The summed E-state index contributed by atoms with van der Waals surface area (Å²) in [5.41, 5.74) is 0. The molecule has 1 saturated carbocycles. The summed E-state index contributed by atoms with van der Waals surface area (Å²) < 4.78 is 10.1. The Bertz CT molecular complexity index is 516. The molecule has 21 heavy (non-hydrogen) atoms. The van der Waals surface area contributed by atoms with Gasteiger partial charge in [-0.05, 0) is 43.9 Å². The van der Waals surface area contributed by atoms with E-state index in [2.05, 4.69) is 5.32 Å². The van der Waals surface area contributed by atoms with Crippen molar-refractivity contribution < 1.29 is 19.1 Å². The number of halogens is 1. The molecule has 1 aliphatic carbocycles. The molecular formula is C15H18ClNO4. The van der Waals surface area contributed by atoms with E-state index < -0.39 is 5.97 Å². The average Bonchev–Trinajstić information content (AvgIpc) is 3.27. The first-order valence-electron chi connectivity index (χ1n) is 6.88. The van der Waals surface area contributed by atoms with Gasteiger partial charge in [0.25, 0.3) is 5.91 Å². The minimum absolute atomic E-state index is 0.138. The normalized spacial score (nSPS) is 15.1. The van der Waals surface area contributed by atoms with E-state index in [4.69, 9.17) is 21.1 Å². The van der Waals surface area contributed by atoms with Crippen molar-refractivity contribution in [1.29, 1.82) is 0 Å². The Morgan fingerprint density at radius 3 is 2.81 bits per heavy atom. The third kappa shape index (κ3) is 5.63. The van der Waals surface area contributed by atoms with Crippen molar-refractivity contribution in [3.8, 4) is 5.75 Å². The first-order valence-corrected chi connectivity index (χ1v) is 7.26. The fourth-order valence-corrected chi connectivity index (χ4v) is 2.08. The molecule has 0 unspecified atom stereocenters. The van der Waals surface area contributed by atoms with Gasteiger partial charge < -0.3 is 14.8 Å². The molecular weight excluding hydrogens is 294 g/mol. The topological polar surface area (TPSA) is 64.6 Å². The summed E-state index contributed by atoms with van der Waals surface area (Å²) in [6.45, 7) is 1.42. The number of amides is 1. The van der Waals surface area contributed by atoms with Gasteiger partial charge in [-0.15, -0.1) is 0 Å². The third-order valence-corrected chi connectivity index (χ3v) is 3.47. The van der Waals surface area contributed by atoms with E-state index in [1.807, 2.05) is 6.92 Å². The second kappa shape index (κ2) is 7.31. The van der Waals surface area contributed by atoms with Crippen LogP contribution in [0.2, 0.25) is 5.02 Å². The van der Waals surface area contributed by atoms with E-state index in [9.17, 15) is 9.59 Å². The van der Waals surface area contributed by atoms with Crippen LogP contribution in [0.15, 0.2) is 24.3 Å². The molecule has 0 saturated heterocycles. The van der Waals surface area contributed by atoms with Gasteiger partial charge >= 0.3 is 5.97 Å². The Morgan fingerprint density at radius 1 is 1.38 bits per heavy atom. The lowest BCUT2D eigenvalue weighted by molar-refractivity contribution is -0.150. The quantitative estimate of drug-likeness (QED) is 0.784. The van der Waals surface area contributed by atoms with Gasteiger partial charge in [-0.3, -0.25) is 4.79 Å². The van der Waals surface area contributed by atoms with Gasteiger partial charge in [0, 0.05) is 11.1 Å². The van der Waals surface area contributed by atoms with E-state index in [0.717, 1.165) is 12.8 Å². The zero-order chi connectivity index (χ0) is 15.2. The van der Waals surface area contributed by atoms with Crippen LogP contribution in [-0.4, -0.2) is 31.1 Å². The van der Waals surface area contributed by atoms with Gasteiger partial charge in [0.1, 0.15) is 5.75 Å². The number of carbonyl (C=O) groups is 2. The summed E-state index contributed by atoms with van der Waals surface area (Å²) in [5.74, 6) is 0.164. The highest BCUT2D eigenvalue weighted by Crippen LogP contribution is 2.32. The molecule has 1 N–H and O–H groups in total. The minimum atomic E-state index is -0.593. The van der Waals surface area contributed by atoms with Crippen LogP contribution in [0.3, 0.4) is 0 Å². The molecule has 1 aromatic rings. The number of rotatable bonds is 7. The first-order chi connectivity index (χ1) is 10.0. The van der Waals surface area contributed by atoms with Crippen molar-refractivity contribution in [3.63, 3.8) is 0 Å². The number of carbonyl (C=O) groups excluding carboxylic acids is 2. The van der Waals surface area contributed by atoms with Crippen molar-refractivity contribution in [2.45, 2.75) is 25.8 Å². The highest BCUT2D eigenvalue weighted by atomic mass is 35.5. The lowest BCUT2D eigenvalue weighted by atomic mass is 10.2. The van der Waals surface area contributed by atoms with Gasteiger partial charge in [0.15, 0.2) is 13.2 Å². The smallest absolute Gasteiger partial charge is 0.344 e.